The number of benzene rings is 2. The van der Waals surface area contributed by atoms with Crippen LogP contribution in [0, 0.1) is 0 Å². The zero-order valence-electron chi connectivity index (χ0n) is 16.0. The molecule has 0 bridgehead atoms. The molecule has 2 saturated heterocycles. The Morgan fingerprint density at radius 3 is 2.27 bits per heavy atom. The average Bonchev–Trinajstić information content (AvgIpc) is 3.19. The van der Waals surface area contributed by atoms with Crippen molar-refractivity contribution in [2.24, 2.45) is 0 Å². The van der Waals surface area contributed by atoms with Crippen LogP contribution in [0.3, 0.4) is 0 Å². The Labute approximate surface area is 171 Å². The summed E-state index contributed by atoms with van der Waals surface area (Å²) in [5.74, 6) is -1.39. The summed E-state index contributed by atoms with van der Waals surface area (Å²) in [6.45, 7) is 1.58. The molecule has 0 aromatic heterocycles. The van der Waals surface area contributed by atoms with Crippen molar-refractivity contribution in [3.63, 3.8) is 0 Å². The maximum atomic E-state index is 12.6. The van der Waals surface area contributed by atoms with Crippen LogP contribution in [-0.2, 0) is 19.9 Å². The van der Waals surface area contributed by atoms with Gasteiger partial charge < -0.3 is 10.6 Å². The summed E-state index contributed by atoms with van der Waals surface area (Å²) in [7, 11) is 0. The van der Waals surface area contributed by atoms with E-state index in [0.29, 0.717) is 22.5 Å². The molecule has 1 unspecified atom stereocenters. The average molecular weight is 406 g/mol. The van der Waals surface area contributed by atoms with Gasteiger partial charge in [-0.3, -0.25) is 29.4 Å². The first-order valence-corrected chi connectivity index (χ1v) is 9.29. The SMILES string of the molecule is CC1(c2cccc(NC(=O)c3ccc(N4C(=O)CCC4=O)cc3)c2)NC(=O)NC1=O. The number of amides is 6. The zero-order chi connectivity index (χ0) is 21.5. The van der Waals surface area contributed by atoms with Crippen molar-refractivity contribution in [3.05, 3.63) is 59.7 Å². The van der Waals surface area contributed by atoms with E-state index in [0.717, 1.165) is 4.90 Å². The van der Waals surface area contributed by atoms with E-state index in [1.54, 1.807) is 43.3 Å². The van der Waals surface area contributed by atoms with Crippen LogP contribution in [0.5, 0.6) is 0 Å². The number of carbonyl (C=O) groups is 5. The third kappa shape index (κ3) is 3.30. The summed E-state index contributed by atoms with van der Waals surface area (Å²) in [4.78, 5) is 61.0. The third-order valence-electron chi connectivity index (χ3n) is 5.18. The molecule has 152 valence electrons. The molecule has 9 nitrogen and oxygen atoms in total. The van der Waals surface area contributed by atoms with Crippen LogP contribution in [-0.4, -0.2) is 29.7 Å². The molecule has 6 amide bonds. The van der Waals surface area contributed by atoms with Gasteiger partial charge in [-0.2, -0.15) is 0 Å². The van der Waals surface area contributed by atoms with Gasteiger partial charge in [0.15, 0.2) is 0 Å². The molecule has 0 radical (unpaired) electrons. The lowest BCUT2D eigenvalue weighted by atomic mass is 9.92. The fourth-order valence-corrected chi connectivity index (χ4v) is 3.48. The second-order valence-electron chi connectivity index (χ2n) is 7.24. The number of hydrogen-bond acceptors (Lipinski definition) is 5. The molecule has 2 aromatic rings. The van der Waals surface area contributed by atoms with Gasteiger partial charge in [-0.05, 0) is 48.9 Å². The van der Waals surface area contributed by atoms with Gasteiger partial charge in [0.2, 0.25) is 11.8 Å². The molecule has 4 rings (SSSR count). The molecule has 2 aliphatic rings. The van der Waals surface area contributed by atoms with Crippen molar-refractivity contribution >= 4 is 41.0 Å². The Balaban J connectivity index is 1.51. The molecule has 0 aliphatic carbocycles. The van der Waals surface area contributed by atoms with E-state index >= 15 is 0 Å². The Morgan fingerprint density at radius 1 is 1.00 bits per heavy atom. The van der Waals surface area contributed by atoms with Gasteiger partial charge in [0, 0.05) is 24.1 Å². The van der Waals surface area contributed by atoms with Crippen LogP contribution in [0.2, 0.25) is 0 Å². The van der Waals surface area contributed by atoms with E-state index in [1.807, 2.05) is 0 Å². The van der Waals surface area contributed by atoms with Crippen molar-refractivity contribution in [1.82, 2.24) is 10.6 Å². The van der Waals surface area contributed by atoms with Crippen LogP contribution in [0.4, 0.5) is 16.2 Å². The summed E-state index contributed by atoms with van der Waals surface area (Å²) in [5, 5.41) is 7.52. The van der Waals surface area contributed by atoms with Crippen LogP contribution in [0.15, 0.2) is 48.5 Å². The molecular weight excluding hydrogens is 388 g/mol. The quantitative estimate of drug-likeness (QED) is 0.526. The summed E-state index contributed by atoms with van der Waals surface area (Å²) in [6, 6.07) is 12.2. The standard InChI is InChI=1S/C21H18N4O5/c1-21(19(29)23-20(30)24-21)13-3-2-4-14(11-13)22-18(28)12-5-7-15(8-6-12)25-16(26)9-10-17(25)27/h2-8,11H,9-10H2,1H3,(H,22,28)(H2,23,24,29,30). The Kier molecular flexibility index (Phi) is 4.57. The number of nitrogens with zero attached hydrogens (tertiary/aromatic N) is 1. The van der Waals surface area contributed by atoms with Crippen molar-refractivity contribution < 1.29 is 24.0 Å². The number of anilines is 2. The zero-order valence-corrected chi connectivity index (χ0v) is 16.0. The summed E-state index contributed by atoms with van der Waals surface area (Å²) in [6.07, 6.45) is 0.379. The smallest absolute Gasteiger partial charge is 0.322 e. The van der Waals surface area contributed by atoms with Crippen LogP contribution < -0.4 is 20.9 Å². The van der Waals surface area contributed by atoms with Crippen molar-refractivity contribution in [3.8, 4) is 0 Å². The monoisotopic (exact) mass is 406 g/mol. The highest BCUT2D eigenvalue weighted by atomic mass is 16.2. The minimum absolute atomic E-state index is 0.189. The number of carbonyl (C=O) groups excluding carboxylic acids is 5. The topological polar surface area (TPSA) is 125 Å². The Bertz CT molecular complexity index is 1080. The lowest BCUT2D eigenvalue weighted by Gasteiger charge is -2.21. The molecule has 0 saturated carbocycles. The van der Waals surface area contributed by atoms with E-state index in [-0.39, 0.29) is 24.7 Å². The number of imide groups is 2. The predicted octanol–water partition coefficient (Wildman–Crippen LogP) is 1.65. The Morgan fingerprint density at radius 2 is 1.67 bits per heavy atom. The highest BCUT2D eigenvalue weighted by Crippen LogP contribution is 2.27. The van der Waals surface area contributed by atoms with Gasteiger partial charge in [-0.1, -0.05) is 12.1 Å². The molecule has 2 aromatic carbocycles. The molecule has 2 fully saturated rings. The molecule has 30 heavy (non-hydrogen) atoms. The van der Waals surface area contributed by atoms with Crippen LogP contribution in [0.1, 0.15) is 35.7 Å². The number of urea groups is 1. The van der Waals surface area contributed by atoms with E-state index in [9.17, 15) is 24.0 Å². The molecule has 2 aliphatic heterocycles. The van der Waals surface area contributed by atoms with Crippen molar-refractivity contribution in [2.45, 2.75) is 25.3 Å². The highest BCUT2D eigenvalue weighted by Gasteiger charge is 2.43. The van der Waals surface area contributed by atoms with E-state index < -0.39 is 23.4 Å². The second-order valence-corrected chi connectivity index (χ2v) is 7.24. The van der Waals surface area contributed by atoms with Crippen molar-refractivity contribution in [1.29, 1.82) is 0 Å². The summed E-state index contributed by atoms with van der Waals surface area (Å²) < 4.78 is 0. The molecule has 2 heterocycles. The van der Waals surface area contributed by atoms with E-state index in [1.165, 1.54) is 12.1 Å². The molecule has 1 atom stereocenters. The number of nitrogens with one attached hydrogen (secondary N) is 3. The van der Waals surface area contributed by atoms with E-state index in [4.69, 9.17) is 0 Å². The minimum atomic E-state index is -1.23. The Hall–Kier alpha value is -4.01. The van der Waals surface area contributed by atoms with Gasteiger partial charge >= 0.3 is 6.03 Å². The highest BCUT2D eigenvalue weighted by molar-refractivity contribution is 6.20. The molecular formula is C21H18N4O5. The van der Waals surface area contributed by atoms with E-state index in [2.05, 4.69) is 16.0 Å². The molecule has 3 N–H and O–H groups in total. The number of hydrogen-bond donors (Lipinski definition) is 3. The first-order chi connectivity index (χ1) is 14.3. The first kappa shape index (κ1) is 19.3. The number of rotatable bonds is 4. The van der Waals surface area contributed by atoms with Crippen LogP contribution in [0.25, 0.3) is 0 Å². The van der Waals surface area contributed by atoms with Gasteiger partial charge in [0.05, 0.1) is 5.69 Å². The van der Waals surface area contributed by atoms with Crippen LogP contribution >= 0.6 is 0 Å². The molecule has 0 spiro atoms. The molecule has 9 heteroatoms. The fourth-order valence-electron chi connectivity index (χ4n) is 3.48. The van der Waals surface area contributed by atoms with Gasteiger partial charge in [0.25, 0.3) is 11.8 Å². The summed E-state index contributed by atoms with van der Waals surface area (Å²) in [5.41, 5.74) is 0.499. The van der Waals surface area contributed by atoms with Gasteiger partial charge in [-0.15, -0.1) is 0 Å². The summed E-state index contributed by atoms with van der Waals surface area (Å²) >= 11 is 0. The van der Waals surface area contributed by atoms with Gasteiger partial charge in [-0.25, -0.2) is 4.79 Å². The lowest BCUT2D eigenvalue weighted by Crippen LogP contribution is -2.40. The fraction of sp³-hybridized carbons (Fsp3) is 0.190. The first-order valence-electron chi connectivity index (χ1n) is 9.29. The maximum absolute atomic E-state index is 12.6. The maximum Gasteiger partial charge on any atom is 0.322 e. The lowest BCUT2D eigenvalue weighted by molar-refractivity contribution is -0.124. The normalized spacial score (nSPS) is 20.9. The van der Waals surface area contributed by atoms with Crippen molar-refractivity contribution in [2.75, 3.05) is 10.2 Å². The largest absolute Gasteiger partial charge is 0.322 e. The predicted molar refractivity (Wildman–Crippen MR) is 107 cm³/mol. The second kappa shape index (κ2) is 7.11. The van der Waals surface area contributed by atoms with Gasteiger partial charge in [0.1, 0.15) is 5.54 Å². The minimum Gasteiger partial charge on any atom is -0.322 e. The third-order valence-corrected chi connectivity index (χ3v) is 5.18.